The van der Waals surface area contributed by atoms with Gasteiger partial charge in [0.05, 0.1) is 14.2 Å². The molecule has 5 heteroatoms. The van der Waals surface area contributed by atoms with Gasteiger partial charge in [-0.1, -0.05) is 25.2 Å². The van der Waals surface area contributed by atoms with Crippen LogP contribution in [0.4, 0.5) is 0 Å². The second-order valence-corrected chi connectivity index (χ2v) is 6.24. The molecule has 1 aromatic rings. The second kappa shape index (κ2) is 10.9. The van der Waals surface area contributed by atoms with Gasteiger partial charge in [0.25, 0.3) is 0 Å². The molecule has 0 radical (unpaired) electrons. The normalized spacial score (nSPS) is 11.6. The molecule has 0 aromatic heterocycles. The van der Waals surface area contributed by atoms with Crippen LogP contribution in [0, 0.1) is 5.41 Å². The molecular weight excluding hydrogens is 338 g/mol. The molecule has 0 saturated heterocycles. The lowest BCUT2D eigenvalue weighted by molar-refractivity contribution is 0.390. The largest absolute Gasteiger partial charge is 0.497 e. The molecule has 0 heterocycles. The Balaban J connectivity index is 3.00. The van der Waals surface area contributed by atoms with Gasteiger partial charge in [-0.25, -0.2) is 0 Å². The van der Waals surface area contributed by atoms with Crippen LogP contribution >= 0.6 is 0 Å². The highest BCUT2D eigenvalue weighted by Crippen LogP contribution is 2.25. The van der Waals surface area contributed by atoms with Crippen molar-refractivity contribution in [1.82, 2.24) is 5.32 Å². The van der Waals surface area contributed by atoms with Crippen molar-refractivity contribution in [2.24, 2.45) is 5.73 Å². The van der Waals surface area contributed by atoms with Crippen molar-refractivity contribution in [2.75, 3.05) is 14.2 Å². The minimum atomic E-state index is 0.551. The zero-order chi connectivity index (χ0) is 20.4. The molecular formula is C22H31N3O2. The molecule has 0 aliphatic rings. The van der Waals surface area contributed by atoms with E-state index in [2.05, 4.69) is 24.9 Å². The van der Waals surface area contributed by atoms with E-state index in [9.17, 15) is 0 Å². The lowest BCUT2D eigenvalue weighted by Gasteiger charge is -2.15. The Labute approximate surface area is 162 Å². The van der Waals surface area contributed by atoms with Crippen LogP contribution < -0.4 is 20.5 Å². The number of nitrogens with one attached hydrogen (secondary N) is 2. The number of nitrogens with two attached hydrogens (primary N) is 1. The van der Waals surface area contributed by atoms with Crippen LogP contribution in [-0.4, -0.2) is 20.4 Å². The third-order valence-corrected chi connectivity index (χ3v) is 4.06. The zero-order valence-electron chi connectivity index (χ0n) is 17.0. The molecule has 1 rings (SSSR count). The van der Waals surface area contributed by atoms with Gasteiger partial charge in [0.15, 0.2) is 0 Å². The van der Waals surface area contributed by atoms with Crippen LogP contribution in [0.1, 0.15) is 32.8 Å². The number of hydrogen-bond donors (Lipinski definition) is 3. The molecule has 0 fully saturated rings. The summed E-state index contributed by atoms with van der Waals surface area (Å²) in [4.78, 5) is 0. The van der Waals surface area contributed by atoms with Gasteiger partial charge < -0.3 is 25.9 Å². The highest BCUT2D eigenvalue weighted by Gasteiger charge is 2.08. The average molecular weight is 370 g/mol. The van der Waals surface area contributed by atoms with E-state index in [4.69, 9.17) is 20.6 Å². The first-order chi connectivity index (χ1) is 12.9. The maximum Gasteiger partial charge on any atom is 0.127 e. The number of rotatable bonds is 10. The van der Waals surface area contributed by atoms with E-state index in [-0.39, 0.29) is 0 Å². The second-order valence-electron chi connectivity index (χ2n) is 6.24. The predicted octanol–water partition coefficient (Wildman–Crippen LogP) is 4.47. The zero-order valence-corrected chi connectivity index (χ0v) is 17.0. The molecule has 0 amide bonds. The van der Waals surface area contributed by atoms with Crippen molar-refractivity contribution in [3.05, 3.63) is 70.6 Å². The lowest BCUT2D eigenvalue weighted by Crippen LogP contribution is -2.15. The molecule has 4 N–H and O–H groups in total. The van der Waals surface area contributed by atoms with Crippen molar-refractivity contribution in [2.45, 2.75) is 33.7 Å². The smallest absolute Gasteiger partial charge is 0.127 e. The monoisotopic (exact) mass is 369 g/mol. The molecule has 0 atom stereocenters. The van der Waals surface area contributed by atoms with Crippen LogP contribution in [0.3, 0.4) is 0 Å². The van der Waals surface area contributed by atoms with E-state index < -0.39 is 0 Å². The third-order valence-electron chi connectivity index (χ3n) is 4.06. The van der Waals surface area contributed by atoms with Gasteiger partial charge >= 0.3 is 0 Å². The summed E-state index contributed by atoms with van der Waals surface area (Å²) in [7, 11) is 3.26. The molecule has 0 aliphatic heterocycles. The summed E-state index contributed by atoms with van der Waals surface area (Å²) in [6.07, 6.45) is 6.04. The fraction of sp³-hybridized carbons (Fsp3) is 0.318. The molecule has 0 unspecified atom stereocenters. The predicted molar refractivity (Wildman–Crippen MR) is 113 cm³/mol. The van der Waals surface area contributed by atoms with E-state index in [0.717, 1.165) is 45.9 Å². The summed E-state index contributed by atoms with van der Waals surface area (Å²) in [6, 6.07) is 5.71. The van der Waals surface area contributed by atoms with Crippen LogP contribution in [0.25, 0.3) is 0 Å². The van der Waals surface area contributed by atoms with Crippen LogP contribution in [0.5, 0.6) is 11.5 Å². The molecule has 1 aromatic carbocycles. The van der Waals surface area contributed by atoms with E-state index in [1.54, 1.807) is 14.2 Å². The molecule has 0 spiro atoms. The summed E-state index contributed by atoms with van der Waals surface area (Å²) in [6.45, 7) is 10.6. The lowest BCUT2D eigenvalue weighted by atomic mass is 10.0. The van der Waals surface area contributed by atoms with Crippen LogP contribution in [-0.2, 0) is 6.54 Å². The van der Waals surface area contributed by atoms with E-state index >= 15 is 0 Å². The van der Waals surface area contributed by atoms with Crippen LogP contribution in [0.2, 0.25) is 0 Å². The summed E-state index contributed by atoms with van der Waals surface area (Å²) < 4.78 is 10.7. The van der Waals surface area contributed by atoms with Crippen molar-refractivity contribution >= 4 is 6.21 Å². The van der Waals surface area contributed by atoms with E-state index in [1.165, 1.54) is 6.21 Å². The Hall–Kier alpha value is -2.95. The van der Waals surface area contributed by atoms with Crippen molar-refractivity contribution in [1.29, 1.82) is 5.41 Å². The van der Waals surface area contributed by atoms with Gasteiger partial charge in [0, 0.05) is 41.4 Å². The van der Waals surface area contributed by atoms with Crippen molar-refractivity contribution in [3.8, 4) is 11.5 Å². The Morgan fingerprint density at radius 3 is 2.48 bits per heavy atom. The molecule has 5 nitrogen and oxygen atoms in total. The van der Waals surface area contributed by atoms with Crippen molar-refractivity contribution < 1.29 is 9.47 Å². The number of allylic oxidation sites excluding steroid dienone is 4. The number of methoxy groups -OCH3 is 2. The Bertz CT molecular complexity index is 770. The molecule has 0 saturated carbocycles. The Kier molecular flexibility index (Phi) is 8.93. The van der Waals surface area contributed by atoms with E-state index in [0.29, 0.717) is 12.2 Å². The fourth-order valence-electron chi connectivity index (χ4n) is 2.55. The summed E-state index contributed by atoms with van der Waals surface area (Å²) in [5.41, 5.74) is 11.1. The van der Waals surface area contributed by atoms with Crippen LogP contribution in [0.15, 0.2) is 65.0 Å². The molecule has 146 valence electrons. The topological polar surface area (TPSA) is 80.4 Å². The van der Waals surface area contributed by atoms with Gasteiger partial charge in [-0.15, -0.1) is 0 Å². The summed E-state index contributed by atoms with van der Waals surface area (Å²) >= 11 is 0. The highest BCUT2D eigenvalue weighted by molar-refractivity contribution is 5.83. The Morgan fingerprint density at radius 2 is 1.96 bits per heavy atom. The van der Waals surface area contributed by atoms with E-state index in [1.807, 2.05) is 38.1 Å². The number of benzene rings is 1. The van der Waals surface area contributed by atoms with Gasteiger partial charge in [0.1, 0.15) is 11.5 Å². The SMILES string of the molecule is C=C(NCc1ccc(OC)cc1OC)C(=C\CC)/C=C(/N)C(C=N)=C(C)C. The average Bonchev–Trinajstić information content (AvgIpc) is 2.65. The number of hydrogen-bond acceptors (Lipinski definition) is 5. The number of ether oxygens (including phenoxy) is 2. The fourth-order valence-corrected chi connectivity index (χ4v) is 2.55. The first-order valence-corrected chi connectivity index (χ1v) is 8.87. The van der Waals surface area contributed by atoms with Gasteiger partial charge in [-0.05, 0) is 44.1 Å². The standard InChI is InChI=1S/C22H31N3O2/c1-7-8-17(11-21(24)20(13-23)15(2)3)16(4)25-14-18-9-10-19(26-5)12-22(18)27-6/h8-13,23,25H,4,7,14,24H2,1-3,5-6H3/b17-8-,21-11+,23-13?. The van der Waals surface area contributed by atoms with Gasteiger partial charge in [-0.3, -0.25) is 0 Å². The summed E-state index contributed by atoms with van der Waals surface area (Å²) in [5, 5.41) is 10.9. The molecule has 0 bridgehead atoms. The molecule has 27 heavy (non-hydrogen) atoms. The van der Waals surface area contributed by atoms with Gasteiger partial charge in [-0.2, -0.15) is 0 Å². The van der Waals surface area contributed by atoms with Crippen molar-refractivity contribution in [3.63, 3.8) is 0 Å². The highest BCUT2D eigenvalue weighted by atomic mass is 16.5. The quantitative estimate of drug-likeness (QED) is 0.420. The molecule has 0 aliphatic carbocycles. The minimum absolute atomic E-state index is 0.551. The third kappa shape index (κ3) is 6.37. The maximum atomic E-state index is 7.56. The maximum absolute atomic E-state index is 7.56. The minimum Gasteiger partial charge on any atom is -0.497 e. The summed E-state index contributed by atoms with van der Waals surface area (Å²) in [5.74, 6) is 1.50. The first-order valence-electron chi connectivity index (χ1n) is 8.87. The van der Waals surface area contributed by atoms with Gasteiger partial charge in [0.2, 0.25) is 0 Å². The Morgan fingerprint density at radius 1 is 1.26 bits per heavy atom. The first kappa shape index (κ1) is 22.1.